The number of hydrogen-bond donors (Lipinski definition) is 2. The lowest BCUT2D eigenvalue weighted by molar-refractivity contribution is -0.121. The molecule has 2 aromatic rings. The van der Waals surface area contributed by atoms with Gasteiger partial charge in [-0.05, 0) is 37.0 Å². The first-order valence-corrected chi connectivity index (χ1v) is 9.40. The molecule has 1 saturated carbocycles. The summed E-state index contributed by atoms with van der Waals surface area (Å²) in [6.07, 6.45) is 2.17. The van der Waals surface area contributed by atoms with Crippen LogP contribution in [-0.4, -0.2) is 28.5 Å². The molecule has 1 aromatic carbocycles. The highest BCUT2D eigenvalue weighted by Gasteiger charge is 2.31. The summed E-state index contributed by atoms with van der Waals surface area (Å²) in [4.78, 5) is 28.8. The fraction of sp³-hybridized carbons (Fsp3) is 0.444. The van der Waals surface area contributed by atoms with E-state index in [1.807, 2.05) is 19.9 Å². The van der Waals surface area contributed by atoms with E-state index in [9.17, 15) is 9.59 Å². The van der Waals surface area contributed by atoms with Crippen molar-refractivity contribution in [3.63, 3.8) is 0 Å². The zero-order valence-corrected chi connectivity index (χ0v) is 16.2. The van der Waals surface area contributed by atoms with Crippen molar-refractivity contribution >= 4 is 27.7 Å². The SMILES string of the molecule is CC(C)C(NC(=O)CNC(=O)c1cccc(Br)c1)c1nc(C2CC2)no1. The van der Waals surface area contributed by atoms with Crippen LogP contribution in [0.15, 0.2) is 33.3 Å². The van der Waals surface area contributed by atoms with E-state index in [2.05, 4.69) is 36.7 Å². The number of amides is 2. The number of rotatable bonds is 7. The molecule has 26 heavy (non-hydrogen) atoms. The number of hydrogen-bond acceptors (Lipinski definition) is 5. The van der Waals surface area contributed by atoms with Crippen molar-refractivity contribution < 1.29 is 14.1 Å². The molecule has 0 radical (unpaired) electrons. The Labute approximate surface area is 160 Å². The predicted octanol–water partition coefficient (Wildman–Crippen LogP) is 2.95. The number of nitrogens with one attached hydrogen (secondary N) is 2. The van der Waals surface area contributed by atoms with Gasteiger partial charge < -0.3 is 15.2 Å². The van der Waals surface area contributed by atoms with Crippen LogP contribution in [0, 0.1) is 5.92 Å². The number of carbonyl (C=O) groups excluding carboxylic acids is 2. The second kappa shape index (κ2) is 7.99. The van der Waals surface area contributed by atoms with Gasteiger partial charge in [-0.3, -0.25) is 9.59 Å². The van der Waals surface area contributed by atoms with Gasteiger partial charge in [0, 0.05) is 16.0 Å². The van der Waals surface area contributed by atoms with Crippen LogP contribution in [0.1, 0.15) is 60.7 Å². The minimum atomic E-state index is -0.384. The van der Waals surface area contributed by atoms with Gasteiger partial charge in [-0.2, -0.15) is 4.98 Å². The zero-order valence-electron chi connectivity index (χ0n) is 14.7. The molecule has 1 heterocycles. The van der Waals surface area contributed by atoms with Crippen LogP contribution in [0.4, 0.5) is 0 Å². The van der Waals surface area contributed by atoms with Crippen LogP contribution in [-0.2, 0) is 4.79 Å². The fourth-order valence-corrected chi connectivity index (χ4v) is 2.91. The van der Waals surface area contributed by atoms with Crippen LogP contribution < -0.4 is 10.6 Å². The average Bonchev–Trinajstić information content (AvgIpc) is 3.35. The molecule has 0 saturated heterocycles. The lowest BCUT2D eigenvalue weighted by Gasteiger charge is -2.18. The van der Waals surface area contributed by atoms with Crippen molar-refractivity contribution in [3.8, 4) is 0 Å². The lowest BCUT2D eigenvalue weighted by atomic mass is 10.0. The summed E-state index contributed by atoms with van der Waals surface area (Å²) in [6, 6.07) is 6.59. The van der Waals surface area contributed by atoms with Gasteiger partial charge in [0.25, 0.3) is 5.91 Å². The fourth-order valence-electron chi connectivity index (χ4n) is 2.51. The predicted molar refractivity (Wildman–Crippen MR) is 98.5 cm³/mol. The molecule has 2 N–H and O–H groups in total. The molecule has 138 valence electrons. The Balaban J connectivity index is 1.56. The van der Waals surface area contributed by atoms with Gasteiger partial charge in [-0.1, -0.05) is 41.0 Å². The van der Waals surface area contributed by atoms with Crippen molar-refractivity contribution in [1.29, 1.82) is 0 Å². The summed E-state index contributed by atoms with van der Waals surface area (Å²) in [5.41, 5.74) is 0.485. The number of carbonyl (C=O) groups is 2. The molecule has 1 aliphatic carbocycles. The van der Waals surface area contributed by atoms with E-state index in [4.69, 9.17) is 4.52 Å². The molecule has 0 aliphatic heterocycles. The van der Waals surface area contributed by atoms with Crippen molar-refractivity contribution in [2.75, 3.05) is 6.54 Å². The summed E-state index contributed by atoms with van der Waals surface area (Å²) < 4.78 is 6.13. The first-order chi connectivity index (χ1) is 12.4. The Bertz CT molecular complexity index is 801. The Morgan fingerprint density at radius 3 is 2.77 bits per heavy atom. The standard InChI is InChI=1S/C18H21BrN4O3/c1-10(2)15(18-22-16(23-26-18)11-6-7-11)21-14(24)9-20-17(25)12-4-3-5-13(19)8-12/h3-5,8,10-11,15H,6-7,9H2,1-2H3,(H,20,25)(H,21,24). The molecule has 1 unspecified atom stereocenters. The maximum Gasteiger partial charge on any atom is 0.251 e. The average molecular weight is 421 g/mol. The van der Waals surface area contributed by atoms with Crippen LogP contribution >= 0.6 is 15.9 Å². The van der Waals surface area contributed by atoms with Gasteiger partial charge in [0.05, 0.1) is 6.54 Å². The minimum absolute atomic E-state index is 0.0761. The molecule has 1 aliphatic rings. The van der Waals surface area contributed by atoms with Crippen molar-refractivity contribution in [3.05, 3.63) is 46.0 Å². The van der Waals surface area contributed by atoms with Crippen LogP contribution in [0.2, 0.25) is 0 Å². The van der Waals surface area contributed by atoms with E-state index in [1.54, 1.807) is 18.2 Å². The highest BCUT2D eigenvalue weighted by atomic mass is 79.9. The van der Waals surface area contributed by atoms with Gasteiger partial charge in [-0.15, -0.1) is 0 Å². The molecule has 7 nitrogen and oxygen atoms in total. The molecule has 8 heteroatoms. The summed E-state index contributed by atoms with van der Waals surface area (Å²) >= 11 is 3.32. The second-order valence-electron chi connectivity index (χ2n) is 6.75. The summed E-state index contributed by atoms with van der Waals surface area (Å²) in [6.45, 7) is 3.80. The second-order valence-corrected chi connectivity index (χ2v) is 7.66. The molecule has 1 aromatic heterocycles. The quantitative estimate of drug-likeness (QED) is 0.717. The van der Waals surface area contributed by atoms with Gasteiger partial charge >= 0.3 is 0 Å². The monoisotopic (exact) mass is 420 g/mol. The molecule has 0 bridgehead atoms. The van der Waals surface area contributed by atoms with Crippen LogP contribution in [0.3, 0.4) is 0 Å². The van der Waals surface area contributed by atoms with Gasteiger partial charge in [0.1, 0.15) is 6.04 Å². The maximum absolute atomic E-state index is 12.3. The summed E-state index contributed by atoms with van der Waals surface area (Å²) in [5.74, 6) is 0.971. The minimum Gasteiger partial charge on any atom is -0.343 e. The zero-order chi connectivity index (χ0) is 18.7. The highest BCUT2D eigenvalue weighted by Crippen LogP contribution is 2.38. The lowest BCUT2D eigenvalue weighted by Crippen LogP contribution is -2.40. The largest absolute Gasteiger partial charge is 0.343 e. The summed E-state index contributed by atoms with van der Waals surface area (Å²) in [7, 11) is 0. The van der Waals surface area contributed by atoms with Crippen molar-refractivity contribution in [2.24, 2.45) is 5.92 Å². The van der Waals surface area contributed by atoms with Gasteiger partial charge in [-0.25, -0.2) is 0 Å². The molecular weight excluding hydrogens is 400 g/mol. The summed E-state index contributed by atoms with van der Waals surface area (Å²) in [5, 5.41) is 9.48. The van der Waals surface area contributed by atoms with Crippen LogP contribution in [0.25, 0.3) is 0 Å². The number of nitrogens with zero attached hydrogens (tertiary/aromatic N) is 2. The highest BCUT2D eigenvalue weighted by molar-refractivity contribution is 9.10. The van der Waals surface area contributed by atoms with Gasteiger partial charge in [0.15, 0.2) is 5.82 Å². The Morgan fingerprint density at radius 2 is 2.12 bits per heavy atom. The number of aromatic nitrogens is 2. The Hall–Kier alpha value is -2.22. The van der Waals surface area contributed by atoms with E-state index in [0.29, 0.717) is 23.2 Å². The first-order valence-electron chi connectivity index (χ1n) is 8.60. The molecule has 3 rings (SSSR count). The molecule has 1 fully saturated rings. The maximum atomic E-state index is 12.3. The van der Waals surface area contributed by atoms with E-state index < -0.39 is 0 Å². The third-order valence-electron chi connectivity index (χ3n) is 4.15. The van der Waals surface area contributed by atoms with E-state index >= 15 is 0 Å². The van der Waals surface area contributed by atoms with Crippen LogP contribution in [0.5, 0.6) is 0 Å². The number of halogens is 1. The third kappa shape index (κ3) is 4.69. The smallest absolute Gasteiger partial charge is 0.251 e. The van der Waals surface area contributed by atoms with Gasteiger partial charge in [0.2, 0.25) is 11.8 Å². The normalized spacial score (nSPS) is 14.9. The Morgan fingerprint density at radius 1 is 1.35 bits per heavy atom. The third-order valence-corrected chi connectivity index (χ3v) is 4.64. The van der Waals surface area contributed by atoms with Crippen molar-refractivity contribution in [2.45, 2.75) is 38.6 Å². The molecule has 2 amide bonds. The molecule has 0 spiro atoms. The Kier molecular flexibility index (Phi) is 5.70. The number of benzene rings is 1. The van der Waals surface area contributed by atoms with E-state index in [-0.39, 0.29) is 30.3 Å². The topological polar surface area (TPSA) is 97.1 Å². The van der Waals surface area contributed by atoms with Crippen molar-refractivity contribution in [1.82, 2.24) is 20.8 Å². The first kappa shape index (κ1) is 18.6. The van der Waals surface area contributed by atoms with E-state index in [0.717, 1.165) is 17.3 Å². The molecular formula is C18H21BrN4O3. The van der Waals surface area contributed by atoms with E-state index in [1.165, 1.54) is 0 Å². The molecule has 1 atom stereocenters.